The van der Waals surface area contributed by atoms with Gasteiger partial charge in [-0.25, -0.2) is 0 Å². The summed E-state index contributed by atoms with van der Waals surface area (Å²) in [4.78, 5) is 12.5. The molecule has 0 bridgehead atoms. The SMILES string of the molecule is Cc1ccc2c(C(=O)C3CCCN3)cn(C)c2c1. The van der Waals surface area contributed by atoms with Crippen molar-refractivity contribution in [1.29, 1.82) is 0 Å². The van der Waals surface area contributed by atoms with Crippen molar-refractivity contribution >= 4 is 16.7 Å². The Hall–Kier alpha value is -1.61. The number of nitrogens with zero attached hydrogens (tertiary/aromatic N) is 1. The number of nitrogens with one attached hydrogen (secondary N) is 1. The van der Waals surface area contributed by atoms with E-state index in [1.165, 1.54) is 5.56 Å². The standard InChI is InChI=1S/C15H18N2O/c1-10-5-6-11-12(9-17(2)14(11)8-10)15(18)13-4-3-7-16-13/h5-6,8-9,13,16H,3-4,7H2,1-2H3. The highest BCUT2D eigenvalue weighted by molar-refractivity contribution is 6.10. The van der Waals surface area contributed by atoms with E-state index in [-0.39, 0.29) is 11.8 Å². The van der Waals surface area contributed by atoms with Crippen molar-refractivity contribution in [2.75, 3.05) is 6.54 Å². The average molecular weight is 242 g/mol. The van der Waals surface area contributed by atoms with Crippen molar-refractivity contribution in [3.05, 3.63) is 35.5 Å². The van der Waals surface area contributed by atoms with Crippen LogP contribution in [-0.4, -0.2) is 22.9 Å². The van der Waals surface area contributed by atoms with Crippen LogP contribution in [0.4, 0.5) is 0 Å². The number of fused-ring (bicyclic) bond motifs is 1. The molecule has 2 aromatic rings. The maximum atomic E-state index is 12.5. The van der Waals surface area contributed by atoms with Gasteiger partial charge in [-0.3, -0.25) is 4.79 Å². The van der Waals surface area contributed by atoms with Gasteiger partial charge in [0.1, 0.15) is 0 Å². The molecule has 1 aromatic carbocycles. The van der Waals surface area contributed by atoms with Crippen LogP contribution in [0.2, 0.25) is 0 Å². The lowest BCUT2D eigenvalue weighted by Gasteiger charge is -2.07. The summed E-state index contributed by atoms with van der Waals surface area (Å²) in [7, 11) is 2.00. The molecule has 1 N–H and O–H groups in total. The maximum absolute atomic E-state index is 12.5. The van der Waals surface area contributed by atoms with Gasteiger partial charge in [0, 0.05) is 29.7 Å². The molecular formula is C15H18N2O. The summed E-state index contributed by atoms with van der Waals surface area (Å²) in [5.41, 5.74) is 3.21. The molecule has 3 nitrogen and oxygen atoms in total. The van der Waals surface area contributed by atoms with Gasteiger partial charge in [-0.05, 0) is 37.9 Å². The van der Waals surface area contributed by atoms with Crippen LogP contribution in [0.3, 0.4) is 0 Å². The molecule has 1 aliphatic heterocycles. The van der Waals surface area contributed by atoms with E-state index in [2.05, 4.69) is 30.4 Å². The van der Waals surface area contributed by atoms with Gasteiger partial charge in [-0.15, -0.1) is 0 Å². The van der Waals surface area contributed by atoms with E-state index in [0.717, 1.165) is 35.9 Å². The van der Waals surface area contributed by atoms with E-state index in [9.17, 15) is 4.79 Å². The molecule has 2 heterocycles. The number of benzene rings is 1. The Kier molecular flexibility index (Phi) is 2.71. The van der Waals surface area contributed by atoms with E-state index in [1.807, 2.05) is 17.8 Å². The van der Waals surface area contributed by atoms with Crippen molar-refractivity contribution in [3.63, 3.8) is 0 Å². The molecule has 3 heteroatoms. The minimum atomic E-state index is 0.0110. The third kappa shape index (κ3) is 1.75. The second-order valence-corrected chi connectivity index (χ2v) is 5.19. The zero-order valence-corrected chi connectivity index (χ0v) is 10.9. The molecule has 0 saturated carbocycles. The predicted octanol–water partition coefficient (Wildman–Crippen LogP) is 2.42. The first-order chi connectivity index (χ1) is 8.66. The lowest BCUT2D eigenvalue weighted by molar-refractivity contribution is 0.0954. The Morgan fingerprint density at radius 2 is 2.28 bits per heavy atom. The third-order valence-corrected chi connectivity index (χ3v) is 3.79. The monoisotopic (exact) mass is 242 g/mol. The number of carbonyl (C=O) groups excluding carboxylic acids is 1. The molecule has 0 amide bonds. The predicted molar refractivity (Wildman–Crippen MR) is 73.0 cm³/mol. The molecule has 0 radical (unpaired) electrons. The molecule has 1 aromatic heterocycles. The second-order valence-electron chi connectivity index (χ2n) is 5.19. The van der Waals surface area contributed by atoms with E-state index in [0.29, 0.717) is 0 Å². The molecule has 1 atom stereocenters. The molecule has 18 heavy (non-hydrogen) atoms. The summed E-state index contributed by atoms with van der Waals surface area (Å²) >= 11 is 0. The fourth-order valence-electron chi connectivity index (χ4n) is 2.79. The zero-order chi connectivity index (χ0) is 12.7. The summed E-state index contributed by atoms with van der Waals surface area (Å²) in [6.45, 7) is 3.03. The average Bonchev–Trinajstić information content (AvgIpc) is 2.97. The Morgan fingerprint density at radius 1 is 1.44 bits per heavy atom. The maximum Gasteiger partial charge on any atom is 0.181 e. The number of aromatic nitrogens is 1. The number of Topliss-reactive ketones (excluding diaryl/α,β-unsaturated/α-hetero) is 1. The minimum absolute atomic E-state index is 0.0110. The Labute approximate surface area is 107 Å². The lowest BCUT2D eigenvalue weighted by atomic mass is 10.0. The number of aryl methyl sites for hydroxylation is 2. The van der Waals surface area contributed by atoms with Gasteiger partial charge in [0.25, 0.3) is 0 Å². The second kappa shape index (κ2) is 4.25. The van der Waals surface area contributed by atoms with E-state index >= 15 is 0 Å². The lowest BCUT2D eigenvalue weighted by Crippen LogP contribution is -2.30. The fraction of sp³-hybridized carbons (Fsp3) is 0.400. The fourth-order valence-corrected chi connectivity index (χ4v) is 2.79. The largest absolute Gasteiger partial charge is 0.350 e. The number of carbonyl (C=O) groups is 1. The summed E-state index contributed by atoms with van der Waals surface area (Å²) in [5.74, 6) is 0.238. The van der Waals surface area contributed by atoms with Crippen molar-refractivity contribution in [3.8, 4) is 0 Å². The molecule has 0 aliphatic carbocycles. The molecule has 1 aliphatic rings. The molecule has 1 fully saturated rings. The van der Waals surface area contributed by atoms with Gasteiger partial charge in [0.15, 0.2) is 5.78 Å². The highest BCUT2D eigenvalue weighted by Gasteiger charge is 2.25. The van der Waals surface area contributed by atoms with Crippen LogP contribution in [0.1, 0.15) is 28.8 Å². The first-order valence-electron chi connectivity index (χ1n) is 6.50. The first-order valence-corrected chi connectivity index (χ1v) is 6.50. The summed E-state index contributed by atoms with van der Waals surface area (Å²) in [5, 5.41) is 4.35. The number of hydrogen-bond donors (Lipinski definition) is 1. The van der Waals surface area contributed by atoms with Crippen LogP contribution in [0.5, 0.6) is 0 Å². The van der Waals surface area contributed by atoms with Crippen LogP contribution in [0.25, 0.3) is 10.9 Å². The minimum Gasteiger partial charge on any atom is -0.350 e. The van der Waals surface area contributed by atoms with Crippen LogP contribution < -0.4 is 5.32 Å². The number of hydrogen-bond acceptors (Lipinski definition) is 2. The highest BCUT2D eigenvalue weighted by Crippen LogP contribution is 2.24. The van der Waals surface area contributed by atoms with Crippen LogP contribution in [-0.2, 0) is 7.05 Å². The van der Waals surface area contributed by atoms with Crippen LogP contribution in [0, 0.1) is 6.92 Å². The molecule has 0 spiro atoms. The highest BCUT2D eigenvalue weighted by atomic mass is 16.1. The molecule has 1 saturated heterocycles. The molecule has 94 valence electrons. The topological polar surface area (TPSA) is 34.0 Å². The van der Waals surface area contributed by atoms with Crippen LogP contribution in [0.15, 0.2) is 24.4 Å². The van der Waals surface area contributed by atoms with Gasteiger partial charge in [0.2, 0.25) is 0 Å². The van der Waals surface area contributed by atoms with Gasteiger partial charge < -0.3 is 9.88 Å². The van der Waals surface area contributed by atoms with Gasteiger partial charge in [0.05, 0.1) is 6.04 Å². The molecule has 3 rings (SSSR count). The van der Waals surface area contributed by atoms with E-state index < -0.39 is 0 Å². The van der Waals surface area contributed by atoms with E-state index in [1.54, 1.807) is 0 Å². The summed E-state index contributed by atoms with van der Waals surface area (Å²) in [6, 6.07) is 6.28. The van der Waals surface area contributed by atoms with Crippen molar-refractivity contribution in [2.24, 2.45) is 7.05 Å². The number of ketones is 1. The van der Waals surface area contributed by atoms with Gasteiger partial charge in [-0.1, -0.05) is 12.1 Å². The quantitative estimate of drug-likeness (QED) is 0.821. The van der Waals surface area contributed by atoms with Crippen LogP contribution >= 0.6 is 0 Å². The smallest absolute Gasteiger partial charge is 0.181 e. The number of rotatable bonds is 2. The Balaban J connectivity index is 2.09. The zero-order valence-electron chi connectivity index (χ0n) is 10.9. The van der Waals surface area contributed by atoms with Crippen molar-refractivity contribution < 1.29 is 4.79 Å². The summed E-state index contributed by atoms with van der Waals surface area (Å²) in [6.07, 6.45) is 4.02. The molecular weight excluding hydrogens is 224 g/mol. The normalized spacial score (nSPS) is 19.6. The molecule has 1 unspecified atom stereocenters. The van der Waals surface area contributed by atoms with Crippen molar-refractivity contribution in [1.82, 2.24) is 9.88 Å². The van der Waals surface area contributed by atoms with Gasteiger partial charge in [-0.2, -0.15) is 0 Å². The first kappa shape index (κ1) is 11.5. The Morgan fingerprint density at radius 3 is 3.00 bits per heavy atom. The van der Waals surface area contributed by atoms with Gasteiger partial charge >= 0.3 is 0 Å². The van der Waals surface area contributed by atoms with Crippen molar-refractivity contribution in [2.45, 2.75) is 25.8 Å². The summed E-state index contributed by atoms with van der Waals surface area (Å²) < 4.78 is 2.05. The Bertz CT molecular complexity index is 606. The third-order valence-electron chi connectivity index (χ3n) is 3.79. The van der Waals surface area contributed by atoms with E-state index in [4.69, 9.17) is 0 Å².